The van der Waals surface area contributed by atoms with Gasteiger partial charge in [0.2, 0.25) is 0 Å². The number of rotatable bonds is 4. The van der Waals surface area contributed by atoms with Crippen LogP contribution in [-0.2, 0) is 6.42 Å². The number of aromatic hydroxyl groups is 1. The number of phenols is 1. The minimum absolute atomic E-state index is 0.362. The molecule has 2 heteroatoms. The molecule has 0 aliphatic heterocycles. The fourth-order valence-electron chi connectivity index (χ4n) is 1.32. The summed E-state index contributed by atoms with van der Waals surface area (Å²) < 4.78 is 0. The van der Waals surface area contributed by atoms with Crippen molar-refractivity contribution in [2.24, 2.45) is 0 Å². The molecule has 0 bridgehead atoms. The third kappa shape index (κ3) is 3.27. The van der Waals surface area contributed by atoms with E-state index in [9.17, 15) is 5.11 Å². The second-order valence-corrected chi connectivity index (χ2v) is 3.67. The molecule has 0 aromatic heterocycles. The van der Waals surface area contributed by atoms with Gasteiger partial charge in [-0.1, -0.05) is 31.4 Å². The van der Waals surface area contributed by atoms with Gasteiger partial charge in [-0.05, 0) is 36.6 Å². The van der Waals surface area contributed by atoms with E-state index < -0.39 is 0 Å². The number of hydrogen-bond acceptors (Lipinski definition) is 1. The number of aryl methyl sites for hydroxylation is 1. The van der Waals surface area contributed by atoms with Crippen LogP contribution in [0.2, 0.25) is 5.02 Å². The van der Waals surface area contributed by atoms with Gasteiger partial charge in [0.25, 0.3) is 0 Å². The molecule has 1 aromatic carbocycles. The fourth-order valence-corrected chi connectivity index (χ4v) is 1.51. The average molecular weight is 199 g/mol. The van der Waals surface area contributed by atoms with Crippen molar-refractivity contribution < 1.29 is 5.11 Å². The van der Waals surface area contributed by atoms with Crippen molar-refractivity contribution in [2.75, 3.05) is 0 Å². The Morgan fingerprint density at radius 3 is 2.77 bits per heavy atom. The molecule has 0 saturated heterocycles. The van der Waals surface area contributed by atoms with Crippen LogP contribution < -0.4 is 0 Å². The molecule has 0 amide bonds. The third-order valence-electron chi connectivity index (χ3n) is 2.09. The van der Waals surface area contributed by atoms with Crippen LogP contribution in [0.4, 0.5) is 0 Å². The molecule has 13 heavy (non-hydrogen) atoms. The fraction of sp³-hybridized carbons (Fsp3) is 0.455. The lowest BCUT2D eigenvalue weighted by Gasteiger charge is -2.03. The Bertz CT molecular complexity index is 271. The summed E-state index contributed by atoms with van der Waals surface area (Å²) in [5.74, 6) is 0.362. The van der Waals surface area contributed by atoms with Crippen molar-refractivity contribution in [3.8, 4) is 5.75 Å². The number of phenolic OH excluding ortho intramolecular Hbond substituents is 1. The first-order valence-corrected chi connectivity index (χ1v) is 5.09. The SMILES string of the molecule is CCCCCc1cc(Cl)ccc1O. The number of hydrogen-bond donors (Lipinski definition) is 1. The van der Waals surface area contributed by atoms with E-state index >= 15 is 0 Å². The van der Waals surface area contributed by atoms with Crippen molar-refractivity contribution >= 4 is 11.6 Å². The van der Waals surface area contributed by atoms with Crippen molar-refractivity contribution in [3.05, 3.63) is 28.8 Å². The minimum Gasteiger partial charge on any atom is -0.508 e. The predicted octanol–water partition coefficient (Wildman–Crippen LogP) is 3.78. The quantitative estimate of drug-likeness (QED) is 0.731. The maximum atomic E-state index is 9.48. The van der Waals surface area contributed by atoms with E-state index in [1.807, 2.05) is 6.07 Å². The maximum absolute atomic E-state index is 9.48. The summed E-state index contributed by atoms with van der Waals surface area (Å²) in [7, 11) is 0. The summed E-state index contributed by atoms with van der Waals surface area (Å²) in [6.45, 7) is 2.16. The topological polar surface area (TPSA) is 20.2 Å². The highest BCUT2D eigenvalue weighted by atomic mass is 35.5. The van der Waals surface area contributed by atoms with Gasteiger partial charge in [-0.15, -0.1) is 0 Å². The third-order valence-corrected chi connectivity index (χ3v) is 2.33. The molecule has 0 aliphatic rings. The van der Waals surface area contributed by atoms with E-state index in [2.05, 4.69) is 6.92 Å². The smallest absolute Gasteiger partial charge is 0.118 e. The summed E-state index contributed by atoms with van der Waals surface area (Å²) in [4.78, 5) is 0. The van der Waals surface area contributed by atoms with Crippen LogP contribution in [0.3, 0.4) is 0 Å². The normalized spacial score (nSPS) is 10.3. The van der Waals surface area contributed by atoms with Crippen LogP contribution in [0.15, 0.2) is 18.2 Å². The Kier molecular flexibility index (Phi) is 4.10. The van der Waals surface area contributed by atoms with Gasteiger partial charge < -0.3 is 5.11 Å². The van der Waals surface area contributed by atoms with E-state index in [1.165, 1.54) is 12.8 Å². The summed E-state index contributed by atoms with van der Waals surface area (Å²) in [5, 5.41) is 10.2. The van der Waals surface area contributed by atoms with Crippen LogP contribution in [0.1, 0.15) is 31.7 Å². The first-order chi connectivity index (χ1) is 6.24. The molecule has 1 N–H and O–H groups in total. The molecule has 0 heterocycles. The Labute approximate surface area is 84.4 Å². The van der Waals surface area contributed by atoms with Gasteiger partial charge in [0.15, 0.2) is 0 Å². The zero-order valence-corrected chi connectivity index (χ0v) is 8.64. The second-order valence-electron chi connectivity index (χ2n) is 3.23. The van der Waals surface area contributed by atoms with Crippen LogP contribution in [0.25, 0.3) is 0 Å². The molecule has 1 nitrogen and oxygen atoms in total. The largest absolute Gasteiger partial charge is 0.508 e. The highest BCUT2D eigenvalue weighted by Gasteiger charge is 2.00. The highest BCUT2D eigenvalue weighted by Crippen LogP contribution is 2.23. The average Bonchev–Trinajstić information content (AvgIpc) is 2.11. The summed E-state index contributed by atoms with van der Waals surface area (Å²) in [6, 6.07) is 5.20. The van der Waals surface area contributed by atoms with E-state index in [-0.39, 0.29) is 0 Å². The van der Waals surface area contributed by atoms with E-state index in [0.717, 1.165) is 18.4 Å². The Balaban J connectivity index is 2.59. The van der Waals surface area contributed by atoms with Crippen LogP contribution in [0, 0.1) is 0 Å². The lowest BCUT2D eigenvalue weighted by molar-refractivity contribution is 0.466. The zero-order chi connectivity index (χ0) is 9.68. The molecule has 0 radical (unpaired) electrons. The molecule has 0 fully saturated rings. The minimum atomic E-state index is 0.362. The molecule has 0 atom stereocenters. The van der Waals surface area contributed by atoms with Crippen molar-refractivity contribution in [3.63, 3.8) is 0 Å². The molecule has 1 rings (SSSR count). The summed E-state index contributed by atoms with van der Waals surface area (Å²) in [5.41, 5.74) is 0.959. The molecule has 0 aliphatic carbocycles. The number of halogens is 1. The Hall–Kier alpha value is -0.690. The van der Waals surface area contributed by atoms with Crippen LogP contribution >= 0.6 is 11.6 Å². The van der Waals surface area contributed by atoms with E-state index in [1.54, 1.807) is 12.1 Å². The van der Waals surface area contributed by atoms with Gasteiger partial charge in [0.05, 0.1) is 0 Å². The van der Waals surface area contributed by atoms with E-state index in [4.69, 9.17) is 11.6 Å². The molecule has 1 aromatic rings. The molecule has 0 saturated carbocycles. The van der Waals surface area contributed by atoms with Crippen molar-refractivity contribution in [1.82, 2.24) is 0 Å². The van der Waals surface area contributed by atoms with Gasteiger partial charge >= 0.3 is 0 Å². The summed E-state index contributed by atoms with van der Waals surface area (Å²) in [6.07, 6.45) is 4.43. The molecular weight excluding hydrogens is 184 g/mol. The van der Waals surface area contributed by atoms with Crippen molar-refractivity contribution in [1.29, 1.82) is 0 Å². The highest BCUT2D eigenvalue weighted by molar-refractivity contribution is 6.30. The van der Waals surface area contributed by atoms with Gasteiger partial charge in [0.1, 0.15) is 5.75 Å². The molecular formula is C11H15ClO. The van der Waals surface area contributed by atoms with Gasteiger partial charge in [-0.2, -0.15) is 0 Å². The van der Waals surface area contributed by atoms with Gasteiger partial charge in [-0.3, -0.25) is 0 Å². The number of unbranched alkanes of at least 4 members (excludes halogenated alkanes) is 2. The van der Waals surface area contributed by atoms with Gasteiger partial charge in [0, 0.05) is 5.02 Å². The van der Waals surface area contributed by atoms with E-state index in [0.29, 0.717) is 10.8 Å². The monoisotopic (exact) mass is 198 g/mol. The van der Waals surface area contributed by atoms with Crippen LogP contribution in [-0.4, -0.2) is 5.11 Å². The number of benzene rings is 1. The van der Waals surface area contributed by atoms with Crippen molar-refractivity contribution in [2.45, 2.75) is 32.6 Å². The van der Waals surface area contributed by atoms with Crippen LogP contribution in [0.5, 0.6) is 5.75 Å². The molecule has 0 spiro atoms. The molecule has 0 unspecified atom stereocenters. The lowest BCUT2D eigenvalue weighted by Crippen LogP contribution is -1.86. The lowest BCUT2D eigenvalue weighted by atomic mass is 10.1. The Morgan fingerprint density at radius 1 is 1.31 bits per heavy atom. The Morgan fingerprint density at radius 2 is 2.08 bits per heavy atom. The molecule has 72 valence electrons. The second kappa shape index (κ2) is 5.13. The first-order valence-electron chi connectivity index (χ1n) is 4.71. The summed E-state index contributed by atoms with van der Waals surface area (Å²) >= 11 is 5.82. The first kappa shape index (κ1) is 10.4. The maximum Gasteiger partial charge on any atom is 0.118 e. The predicted molar refractivity (Wildman–Crippen MR) is 56.3 cm³/mol. The van der Waals surface area contributed by atoms with Gasteiger partial charge in [-0.25, -0.2) is 0 Å². The zero-order valence-electron chi connectivity index (χ0n) is 7.89. The standard InChI is InChI=1S/C11H15ClO/c1-2-3-4-5-9-8-10(12)6-7-11(9)13/h6-8,13H,2-5H2,1H3.